The number of carbonyl (C=O) groups excluding carboxylic acids is 1. The summed E-state index contributed by atoms with van der Waals surface area (Å²) >= 11 is 5.15. The van der Waals surface area contributed by atoms with Gasteiger partial charge in [0.05, 0.1) is 11.8 Å². The van der Waals surface area contributed by atoms with Crippen molar-refractivity contribution in [2.75, 3.05) is 5.32 Å². The molecule has 0 saturated heterocycles. The second-order valence-corrected chi connectivity index (χ2v) is 7.18. The van der Waals surface area contributed by atoms with E-state index >= 15 is 0 Å². The van der Waals surface area contributed by atoms with Crippen molar-refractivity contribution in [2.45, 2.75) is 13.3 Å². The Kier molecular flexibility index (Phi) is 5.85. The van der Waals surface area contributed by atoms with E-state index in [1.54, 1.807) is 18.3 Å². The van der Waals surface area contributed by atoms with Gasteiger partial charge in [-0.1, -0.05) is 30.3 Å². The summed E-state index contributed by atoms with van der Waals surface area (Å²) in [5.74, 6) is -0.368. The van der Waals surface area contributed by atoms with Crippen LogP contribution < -0.4 is 15.4 Å². The van der Waals surface area contributed by atoms with Crippen LogP contribution in [-0.2, 0) is 11.2 Å². The average Bonchev–Trinajstić information content (AvgIpc) is 3.12. The zero-order valence-corrected chi connectivity index (χ0v) is 17.3. The van der Waals surface area contributed by atoms with Crippen LogP contribution in [-0.4, -0.2) is 26.2 Å². The van der Waals surface area contributed by atoms with Gasteiger partial charge in [0.2, 0.25) is 5.91 Å². The van der Waals surface area contributed by atoms with E-state index in [0.29, 0.717) is 22.5 Å². The molecule has 0 bridgehead atoms. The number of nitrogens with zero attached hydrogens (tertiary/aromatic N) is 2. The summed E-state index contributed by atoms with van der Waals surface area (Å²) in [5, 5.41) is 13.1. The molecule has 0 atom stereocenters. The first kappa shape index (κ1) is 20.4. The third-order valence-electron chi connectivity index (χ3n) is 4.47. The number of rotatable bonds is 5. The summed E-state index contributed by atoms with van der Waals surface area (Å²) in [5.41, 5.74) is 2.52. The van der Waals surface area contributed by atoms with Crippen molar-refractivity contribution in [1.29, 1.82) is 0 Å². The maximum absolute atomic E-state index is 14.6. The standard InChI is InChI=1S/C22H18FN5O2S/c1-13-20-18(9-10-24-21(20)28-27-13)30-17-8-7-15(12-16(17)23)25-22(31)26-19(29)11-14-5-3-2-4-6-14/h2-10,12H,11H2,1H3,(H,24,27,28)(H2,25,26,29,31). The molecule has 4 aromatic rings. The molecule has 0 aliphatic carbocycles. The summed E-state index contributed by atoms with van der Waals surface area (Å²) in [7, 11) is 0. The second-order valence-electron chi connectivity index (χ2n) is 6.77. The molecule has 0 saturated carbocycles. The van der Waals surface area contributed by atoms with Crippen molar-refractivity contribution in [3.05, 3.63) is 77.9 Å². The zero-order valence-electron chi connectivity index (χ0n) is 16.5. The number of aryl methyl sites for hydroxylation is 1. The number of hydrogen-bond acceptors (Lipinski definition) is 5. The summed E-state index contributed by atoms with van der Waals surface area (Å²) in [6, 6.07) is 15.3. The quantitative estimate of drug-likeness (QED) is 0.406. The lowest BCUT2D eigenvalue weighted by molar-refractivity contribution is -0.119. The zero-order chi connectivity index (χ0) is 21.8. The first-order chi connectivity index (χ1) is 15.0. The van der Waals surface area contributed by atoms with Gasteiger partial charge in [-0.25, -0.2) is 9.37 Å². The average molecular weight is 435 g/mol. The van der Waals surface area contributed by atoms with Gasteiger partial charge in [-0.05, 0) is 42.9 Å². The minimum Gasteiger partial charge on any atom is -0.453 e. The molecule has 0 aliphatic heterocycles. The molecular formula is C22H18FN5O2S. The lowest BCUT2D eigenvalue weighted by Gasteiger charge is -2.12. The Balaban J connectivity index is 1.41. The normalized spacial score (nSPS) is 10.6. The van der Waals surface area contributed by atoms with Crippen LogP contribution in [0.4, 0.5) is 10.1 Å². The maximum Gasteiger partial charge on any atom is 0.230 e. The summed E-state index contributed by atoms with van der Waals surface area (Å²) in [6.45, 7) is 1.83. The molecule has 4 rings (SSSR count). The molecule has 2 heterocycles. The highest BCUT2D eigenvalue weighted by Crippen LogP contribution is 2.32. The predicted molar refractivity (Wildman–Crippen MR) is 120 cm³/mol. The minimum atomic E-state index is -0.588. The number of amides is 1. The molecule has 9 heteroatoms. The molecular weight excluding hydrogens is 417 g/mol. The molecule has 7 nitrogen and oxygen atoms in total. The fourth-order valence-corrected chi connectivity index (χ4v) is 3.27. The third kappa shape index (κ3) is 4.84. The number of H-pyrrole nitrogens is 1. The van der Waals surface area contributed by atoms with E-state index in [1.807, 2.05) is 37.3 Å². The van der Waals surface area contributed by atoms with Gasteiger partial charge >= 0.3 is 0 Å². The second kappa shape index (κ2) is 8.88. The molecule has 2 aromatic carbocycles. The molecule has 1 amide bonds. The summed E-state index contributed by atoms with van der Waals surface area (Å²) in [6.07, 6.45) is 1.74. The van der Waals surface area contributed by atoms with Gasteiger partial charge in [-0.2, -0.15) is 5.10 Å². The van der Waals surface area contributed by atoms with Gasteiger partial charge < -0.3 is 15.4 Å². The number of fused-ring (bicyclic) bond motifs is 1. The Morgan fingerprint density at radius 3 is 2.74 bits per heavy atom. The molecule has 31 heavy (non-hydrogen) atoms. The number of nitrogens with one attached hydrogen (secondary N) is 3. The van der Waals surface area contributed by atoms with Crippen LogP contribution in [0.3, 0.4) is 0 Å². The SMILES string of the molecule is Cc1[nH]nc2nccc(Oc3ccc(NC(=S)NC(=O)Cc4ccccc4)cc3F)c12. The molecule has 0 fully saturated rings. The molecule has 3 N–H and O–H groups in total. The monoisotopic (exact) mass is 435 g/mol. The number of pyridine rings is 1. The Morgan fingerprint density at radius 1 is 1.16 bits per heavy atom. The van der Waals surface area contributed by atoms with Crippen molar-refractivity contribution in [3.8, 4) is 11.5 Å². The Morgan fingerprint density at radius 2 is 1.97 bits per heavy atom. The Labute approximate surface area is 182 Å². The number of halogens is 1. The van der Waals surface area contributed by atoms with Crippen molar-refractivity contribution >= 4 is 40.0 Å². The molecule has 0 radical (unpaired) electrons. The smallest absolute Gasteiger partial charge is 0.230 e. The third-order valence-corrected chi connectivity index (χ3v) is 4.67. The molecule has 0 unspecified atom stereocenters. The first-order valence-corrected chi connectivity index (χ1v) is 9.82. The van der Waals surface area contributed by atoms with Gasteiger partial charge in [0.15, 0.2) is 22.3 Å². The fraction of sp³-hybridized carbons (Fsp3) is 0.0909. The number of aromatic amines is 1. The van der Waals surface area contributed by atoms with Crippen molar-refractivity contribution in [2.24, 2.45) is 0 Å². The topological polar surface area (TPSA) is 91.9 Å². The largest absolute Gasteiger partial charge is 0.453 e. The molecule has 0 aliphatic rings. The van der Waals surface area contributed by atoms with Crippen LogP contribution in [0.5, 0.6) is 11.5 Å². The highest BCUT2D eigenvalue weighted by atomic mass is 32.1. The van der Waals surface area contributed by atoms with Crippen LogP contribution in [0.25, 0.3) is 11.0 Å². The Bertz CT molecular complexity index is 1260. The highest BCUT2D eigenvalue weighted by Gasteiger charge is 2.13. The van der Waals surface area contributed by atoms with Crippen LogP contribution in [0.15, 0.2) is 60.8 Å². The number of hydrogen-bond donors (Lipinski definition) is 3. The number of benzene rings is 2. The molecule has 0 spiro atoms. The van der Waals surface area contributed by atoms with Gasteiger partial charge in [0.25, 0.3) is 0 Å². The van der Waals surface area contributed by atoms with Crippen LogP contribution in [0.1, 0.15) is 11.3 Å². The fourth-order valence-electron chi connectivity index (χ4n) is 3.04. The number of anilines is 1. The van der Waals surface area contributed by atoms with Gasteiger partial charge in [0.1, 0.15) is 5.75 Å². The lowest BCUT2D eigenvalue weighted by Crippen LogP contribution is -2.35. The lowest BCUT2D eigenvalue weighted by atomic mass is 10.1. The number of aromatic nitrogens is 3. The van der Waals surface area contributed by atoms with E-state index < -0.39 is 5.82 Å². The van der Waals surface area contributed by atoms with Crippen LogP contribution in [0, 0.1) is 12.7 Å². The first-order valence-electron chi connectivity index (χ1n) is 9.41. The summed E-state index contributed by atoms with van der Waals surface area (Å²) < 4.78 is 20.4. The van der Waals surface area contributed by atoms with E-state index in [2.05, 4.69) is 25.8 Å². The van der Waals surface area contributed by atoms with E-state index in [4.69, 9.17) is 17.0 Å². The van der Waals surface area contributed by atoms with E-state index in [9.17, 15) is 9.18 Å². The number of carbonyl (C=O) groups is 1. The predicted octanol–water partition coefficient (Wildman–Crippen LogP) is 4.25. The van der Waals surface area contributed by atoms with Crippen LogP contribution in [0.2, 0.25) is 0 Å². The van der Waals surface area contributed by atoms with E-state index in [1.165, 1.54) is 12.1 Å². The van der Waals surface area contributed by atoms with Gasteiger partial charge in [-0.3, -0.25) is 9.89 Å². The minimum absolute atomic E-state index is 0.0395. The van der Waals surface area contributed by atoms with Crippen molar-refractivity contribution < 1.29 is 13.9 Å². The van der Waals surface area contributed by atoms with Crippen molar-refractivity contribution in [3.63, 3.8) is 0 Å². The Hall–Kier alpha value is -3.85. The van der Waals surface area contributed by atoms with Crippen LogP contribution >= 0.6 is 12.2 Å². The summed E-state index contributed by atoms with van der Waals surface area (Å²) in [4.78, 5) is 16.3. The van der Waals surface area contributed by atoms with Gasteiger partial charge in [-0.15, -0.1) is 0 Å². The van der Waals surface area contributed by atoms with Crippen molar-refractivity contribution in [1.82, 2.24) is 20.5 Å². The highest BCUT2D eigenvalue weighted by molar-refractivity contribution is 7.80. The van der Waals surface area contributed by atoms with E-state index in [0.717, 1.165) is 11.3 Å². The van der Waals surface area contributed by atoms with Gasteiger partial charge in [0, 0.05) is 23.6 Å². The maximum atomic E-state index is 14.6. The van der Waals surface area contributed by atoms with E-state index in [-0.39, 0.29) is 23.2 Å². The number of ether oxygens (including phenoxy) is 1. The number of thiocarbonyl (C=S) groups is 1. The molecule has 2 aromatic heterocycles. The molecule has 156 valence electrons.